The van der Waals surface area contributed by atoms with Gasteiger partial charge in [0.2, 0.25) is 0 Å². The van der Waals surface area contributed by atoms with E-state index >= 15 is 0 Å². The first-order valence-corrected chi connectivity index (χ1v) is 13.0. The van der Waals surface area contributed by atoms with Crippen molar-refractivity contribution in [1.82, 2.24) is 10.2 Å². The van der Waals surface area contributed by atoms with Gasteiger partial charge in [-0.15, -0.1) is 0 Å². The maximum atomic E-state index is 13.4. The van der Waals surface area contributed by atoms with Crippen LogP contribution in [0.25, 0.3) is 0 Å². The highest BCUT2D eigenvalue weighted by atomic mass is 32.2. The molecule has 0 bridgehead atoms. The lowest BCUT2D eigenvalue weighted by Crippen LogP contribution is -2.68. The predicted molar refractivity (Wildman–Crippen MR) is 137 cm³/mol. The van der Waals surface area contributed by atoms with Gasteiger partial charge >= 0.3 is 6.18 Å². The van der Waals surface area contributed by atoms with E-state index in [1.165, 1.54) is 12.1 Å². The largest absolute Gasteiger partial charge is 0.416 e. The lowest BCUT2D eigenvalue weighted by molar-refractivity contribution is -0.137. The third kappa shape index (κ3) is 6.10. The van der Waals surface area contributed by atoms with Crippen LogP contribution < -0.4 is 16.0 Å². The van der Waals surface area contributed by atoms with E-state index in [4.69, 9.17) is 10.7 Å². The van der Waals surface area contributed by atoms with Crippen molar-refractivity contribution in [3.05, 3.63) is 53.9 Å². The Labute approximate surface area is 205 Å². The molecule has 2 aliphatic heterocycles. The van der Waals surface area contributed by atoms with Crippen molar-refractivity contribution in [2.75, 3.05) is 43.1 Å². The number of aliphatic imine (C=N–C) groups is 1. The van der Waals surface area contributed by atoms with Crippen LogP contribution in [0.2, 0.25) is 0 Å². The van der Waals surface area contributed by atoms with Gasteiger partial charge in [-0.25, -0.2) is 0 Å². The van der Waals surface area contributed by atoms with Gasteiger partial charge in [0.05, 0.1) is 16.7 Å². The van der Waals surface area contributed by atoms with Crippen LogP contribution in [0.5, 0.6) is 0 Å². The molecule has 0 atom stereocenters. The van der Waals surface area contributed by atoms with E-state index in [0.29, 0.717) is 31.1 Å². The van der Waals surface area contributed by atoms with Crippen LogP contribution in [-0.4, -0.2) is 60.5 Å². The van der Waals surface area contributed by atoms with Crippen LogP contribution in [0, 0.1) is 0 Å². The van der Waals surface area contributed by atoms with Gasteiger partial charge < -0.3 is 20.9 Å². The zero-order valence-corrected chi connectivity index (χ0v) is 21.1. The Hall–Kier alpha value is -2.13. The highest BCUT2D eigenvalue weighted by molar-refractivity contribution is 7.99. The fourth-order valence-electron chi connectivity index (χ4n) is 4.30. The quantitative estimate of drug-likeness (QED) is 0.306. The Kier molecular flexibility index (Phi) is 8.62. The Balaban J connectivity index is 2.05. The fraction of sp³-hybridized carbons (Fsp3) is 0.560. The highest BCUT2D eigenvalue weighted by Gasteiger charge is 2.40. The lowest BCUT2D eigenvalue weighted by Gasteiger charge is -2.49. The Bertz CT molecular complexity index is 915. The van der Waals surface area contributed by atoms with Crippen LogP contribution >= 0.6 is 11.8 Å². The molecule has 3 rings (SSSR count). The van der Waals surface area contributed by atoms with Crippen molar-refractivity contribution in [3.8, 4) is 0 Å². The number of hydrogen-bond acceptors (Lipinski definition) is 5. The summed E-state index contributed by atoms with van der Waals surface area (Å²) < 4.78 is 40.3. The van der Waals surface area contributed by atoms with Crippen molar-refractivity contribution in [3.63, 3.8) is 0 Å². The molecule has 3 N–H and O–H groups in total. The molecule has 5 nitrogen and oxygen atoms in total. The number of benzene rings is 1. The summed E-state index contributed by atoms with van der Waals surface area (Å²) in [6.45, 7) is 10.0. The van der Waals surface area contributed by atoms with Gasteiger partial charge in [0.15, 0.2) is 0 Å². The molecular weight excluding hydrogens is 459 g/mol. The molecule has 0 unspecified atom stereocenters. The van der Waals surface area contributed by atoms with E-state index in [2.05, 4.69) is 23.7 Å². The monoisotopic (exact) mass is 495 g/mol. The number of nitrogens with two attached hydrogens (primary N) is 1. The summed E-state index contributed by atoms with van der Waals surface area (Å²) in [4.78, 5) is 8.70. The van der Waals surface area contributed by atoms with Gasteiger partial charge in [0.1, 0.15) is 11.7 Å². The third-order valence-electron chi connectivity index (χ3n) is 6.48. The van der Waals surface area contributed by atoms with Crippen molar-refractivity contribution >= 4 is 23.3 Å². The van der Waals surface area contributed by atoms with Gasteiger partial charge in [0, 0.05) is 38.4 Å². The summed E-state index contributed by atoms with van der Waals surface area (Å²) in [6.07, 6.45) is 0.181. The molecule has 0 aromatic heterocycles. The van der Waals surface area contributed by atoms with Crippen molar-refractivity contribution in [2.45, 2.75) is 50.9 Å². The van der Waals surface area contributed by atoms with Crippen LogP contribution in [0.4, 0.5) is 18.9 Å². The maximum Gasteiger partial charge on any atom is 0.416 e. The van der Waals surface area contributed by atoms with Crippen molar-refractivity contribution < 1.29 is 13.2 Å². The van der Waals surface area contributed by atoms with Gasteiger partial charge in [-0.3, -0.25) is 4.99 Å². The second-order valence-corrected chi connectivity index (χ2v) is 10.2. The minimum atomic E-state index is -4.41. The molecule has 0 aliphatic carbocycles. The van der Waals surface area contributed by atoms with Crippen molar-refractivity contribution in [1.29, 1.82) is 0 Å². The van der Waals surface area contributed by atoms with E-state index < -0.39 is 11.7 Å². The number of amidine groups is 1. The zero-order valence-electron chi connectivity index (χ0n) is 20.3. The van der Waals surface area contributed by atoms with E-state index in [0.717, 1.165) is 48.2 Å². The molecule has 1 aromatic rings. The molecule has 188 valence electrons. The molecule has 2 heterocycles. The molecule has 0 radical (unpaired) electrons. The average molecular weight is 496 g/mol. The first-order valence-electron chi connectivity index (χ1n) is 11.8. The third-order valence-corrected chi connectivity index (χ3v) is 7.53. The van der Waals surface area contributed by atoms with E-state index in [9.17, 15) is 13.2 Å². The summed E-state index contributed by atoms with van der Waals surface area (Å²) in [7, 11) is 1.79. The zero-order chi connectivity index (χ0) is 24.9. The van der Waals surface area contributed by atoms with Gasteiger partial charge in [-0.05, 0) is 55.9 Å². The fourth-order valence-corrected chi connectivity index (χ4v) is 5.40. The molecule has 0 spiro atoms. The predicted octanol–water partition coefficient (Wildman–Crippen LogP) is 4.87. The van der Waals surface area contributed by atoms with Crippen LogP contribution in [-0.2, 0) is 6.18 Å². The molecule has 2 aliphatic rings. The minimum Gasteiger partial charge on any atom is -0.368 e. The van der Waals surface area contributed by atoms with Gasteiger partial charge in [-0.2, -0.15) is 24.9 Å². The number of likely N-dealkylation sites (tertiary alicyclic amines) is 1. The van der Waals surface area contributed by atoms with E-state index in [1.54, 1.807) is 24.1 Å². The average Bonchev–Trinajstić information content (AvgIpc) is 2.81. The molecule has 34 heavy (non-hydrogen) atoms. The number of anilines is 1. The van der Waals surface area contributed by atoms with Gasteiger partial charge in [0.25, 0.3) is 0 Å². The van der Waals surface area contributed by atoms with Crippen LogP contribution in [0.15, 0.2) is 53.3 Å². The second kappa shape index (κ2) is 11.1. The Morgan fingerprint density at radius 1 is 1.32 bits per heavy atom. The molecule has 9 heteroatoms. The SMILES string of the molecule is C=CC(/C(=N\CC)N1CC(N)(CC)C1)=C(/NC1CCSCC1)N(C)c1cccc(C(F)(F)F)c1. The first kappa shape index (κ1) is 26.5. The topological polar surface area (TPSA) is 56.9 Å². The summed E-state index contributed by atoms with van der Waals surface area (Å²) in [6, 6.07) is 5.63. The molecule has 2 fully saturated rings. The number of thioether (sulfide) groups is 1. The highest BCUT2D eigenvalue weighted by Crippen LogP contribution is 2.33. The van der Waals surface area contributed by atoms with Crippen molar-refractivity contribution in [2.24, 2.45) is 10.7 Å². The van der Waals surface area contributed by atoms with E-state index in [1.807, 2.05) is 18.7 Å². The molecule has 1 aromatic carbocycles. The van der Waals surface area contributed by atoms with E-state index in [-0.39, 0.29) is 11.6 Å². The second-order valence-electron chi connectivity index (χ2n) is 8.97. The number of nitrogens with zero attached hydrogens (tertiary/aromatic N) is 3. The molecule has 0 amide bonds. The molecule has 2 saturated heterocycles. The standard InChI is InChI=1S/C25H36F3N5S/c1-5-21(22(30-7-3)33-16-24(29,6-2)17-33)23(31-19-11-13-34-14-12-19)32(4)20-10-8-9-18(15-20)25(26,27)28/h5,8-10,15,19,31H,1,6-7,11-14,16-17,29H2,2-4H3/b23-21+,30-22+. The Morgan fingerprint density at radius 2 is 2.00 bits per heavy atom. The van der Waals surface area contributed by atoms with Crippen LogP contribution in [0.3, 0.4) is 0 Å². The lowest BCUT2D eigenvalue weighted by atomic mass is 9.87. The number of rotatable bonds is 8. The summed E-state index contributed by atoms with van der Waals surface area (Å²) >= 11 is 1.92. The number of halogens is 3. The Morgan fingerprint density at radius 3 is 2.56 bits per heavy atom. The van der Waals surface area contributed by atoms with Gasteiger partial charge in [-0.1, -0.05) is 25.6 Å². The summed E-state index contributed by atoms with van der Waals surface area (Å²) in [5, 5.41) is 3.64. The first-order chi connectivity index (χ1) is 16.1. The number of alkyl halides is 3. The summed E-state index contributed by atoms with van der Waals surface area (Å²) in [5.41, 5.74) is 6.73. The maximum absolute atomic E-state index is 13.4. The normalized spacial score (nSPS) is 19.9. The molecular formula is C25H36F3N5S. The minimum absolute atomic E-state index is 0.225. The van der Waals surface area contributed by atoms with Crippen LogP contribution in [0.1, 0.15) is 38.7 Å². The number of hydrogen-bond donors (Lipinski definition) is 2. The molecule has 0 saturated carbocycles. The smallest absolute Gasteiger partial charge is 0.368 e. The summed E-state index contributed by atoms with van der Waals surface area (Å²) in [5.74, 6) is 3.59. The number of nitrogens with one attached hydrogen (secondary N) is 1.